The number of amides is 3. The molecule has 0 bridgehead atoms. The Bertz CT molecular complexity index is 848. The predicted octanol–water partition coefficient (Wildman–Crippen LogP) is 2.24. The van der Waals surface area contributed by atoms with Gasteiger partial charge in [-0.3, -0.25) is 14.9 Å². The molecule has 2 aliphatic heterocycles. The van der Waals surface area contributed by atoms with Crippen LogP contribution in [-0.2, 0) is 14.3 Å². The Morgan fingerprint density at radius 2 is 1.80 bits per heavy atom. The van der Waals surface area contributed by atoms with E-state index in [1.54, 1.807) is 25.7 Å². The third kappa shape index (κ3) is 5.17. The normalized spacial score (nSPS) is 20.1. The van der Waals surface area contributed by atoms with E-state index < -0.39 is 35.3 Å². The quantitative estimate of drug-likeness (QED) is 0.724. The minimum Gasteiger partial charge on any atom is -0.444 e. The highest BCUT2D eigenvalue weighted by Gasteiger charge is 2.29. The number of hydrogen-bond acceptors (Lipinski definition) is 6. The van der Waals surface area contributed by atoms with E-state index in [2.05, 4.69) is 10.6 Å². The molecule has 30 heavy (non-hydrogen) atoms. The highest BCUT2D eigenvalue weighted by Crippen LogP contribution is 2.28. The molecule has 0 aliphatic carbocycles. The topological polar surface area (TPSA) is 91.0 Å². The predicted molar refractivity (Wildman–Crippen MR) is 106 cm³/mol. The number of nitrogens with zero attached hydrogens (tertiary/aromatic N) is 2. The SMILES string of the molecule is CC(C)(C)OC(=O)N1CCN(c2cc(F)c(NC3CCC(=O)NC3=O)cc2F)CC1. The molecule has 1 atom stereocenters. The molecule has 0 saturated carbocycles. The van der Waals surface area contributed by atoms with Crippen molar-refractivity contribution in [3.8, 4) is 0 Å². The van der Waals surface area contributed by atoms with Gasteiger partial charge in [0.15, 0.2) is 0 Å². The summed E-state index contributed by atoms with van der Waals surface area (Å²) in [6.45, 7) is 6.65. The van der Waals surface area contributed by atoms with Crippen molar-refractivity contribution in [1.29, 1.82) is 0 Å². The minimum atomic E-state index is -0.806. The number of benzene rings is 1. The summed E-state index contributed by atoms with van der Waals surface area (Å²) in [6.07, 6.45) is -0.0919. The number of imide groups is 1. The van der Waals surface area contributed by atoms with Gasteiger partial charge < -0.3 is 19.9 Å². The summed E-state index contributed by atoms with van der Waals surface area (Å²) in [5, 5.41) is 4.83. The lowest BCUT2D eigenvalue weighted by molar-refractivity contribution is -0.133. The van der Waals surface area contributed by atoms with Crippen LogP contribution in [0.5, 0.6) is 0 Å². The zero-order chi connectivity index (χ0) is 22.1. The fourth-order valence-corrected chi connectivity index (χ4v) is 3.36. The number of rotatable bonds is 3. The van der Waals surface area contributed by atoms with E-state index in [-0.39, 0.29) is 30.1 Å². The van der Waals surface area contributed by atoms with E-state index in [1.807, 2.05) is 0 Å². The molecule has 2 saturated heterocycles. The van der Waals surface area contributed by atoms with Crippen molar-refractivity contribution in [2.45, 2.75) is 45.3 Å². The molecule has 10 heteroatoms. The lowest BCUT2D eigenvalue weighted by Gasteiger charge is -2.37. The number of anilines is 2. The number of piperazine rings is 1. The van der Waals surface area contributed by atoms with Crippen LogP contribution in [-0.4, -0.2) is 60.6 Å². The average molecular weight is 424 g/mol. The second-order valence-corrected chi connectivity index (χ2v) is 8.39. The number of piperidine rings is 1. The maximum absolute atomic E-state index is 14.7. The lowest BCUT2D eigenvalue weighted by atomic mass is 10.1. The molecule has 2 heterocycles. The van der Waals surface area contributed by atoms with Gasteiger partial charge in [-0.25, -0.2) is 13.6 Å². The number of hydrogen-bond donors (Lipinski definition) is 2. The second-order valence-electron chi connectivity index (χ2n) is 8.39. The van der Waals surface area contributed by atoms with Gasteiger partial charge in [-0.05, 0) is 27.2 Å². The third-order valence-corrected chi connectivity index (χ3v) is 4.88. The summed E-state index contributed by atoms with van der Waals surface area (Å²) in [4.78, 5) is 38.4. The zero-order valence-corrected chi connectivity index (χ0v) is 17.3. The molecule has 1 aromatic carbocycles. The van der Waals surface area contributed by atoms with Crippen molar-refractivity contribution in [3.63, 3.8) is 0 Å². The molecule has 8 nitrogen and oxygen atoms in total. The van der Waals surface area contributed by atoms with Crippen molar-refractivity contribution in [2.24, 2.45) is 0 Å². The lowest BCUT2D eigenvalue weighted by Crippen LogP contribution is -2.50. The van der Waals surface area contributed by atoms with E-state index in [0.717, 1.165) is 12.1 Å². The van der Waals surface area contributed by atoms with Crippen LogP contribution in [0.25, 0.3) is 0 Å². The molecule has 0 aromatic heterocycles. The number of carbonyl (C=O) groups excluding carboxylic acids is 3. The highest BCUT2D eigenvalue weighted by molar-refractivity contribution is 6.01. The van der Waals surface area contributed by atoms with E-state index in [4.69, 9.17) is 4.74 Å². The van der Waals surface area contributed by atoms with E-state index in [1.165, 1.54) is 4.90 Å². The van der Waals surface area contributed by atoms with Gasteiger partial charge in [-0.15, -0.1) is 0 Å². The molecule has 1 unspecified atom stereocenters. The molecule has 2 fully saturated rings. The molecular formula is C20H26F2N4O4. The van der Waals surface area contributed by atoms with Crippen LogP contribution in [0.1, 0.15) is 33.6 Å². The summed E-state index contributed by atoms with van der Waals surface area (Å²) >= 11 is 0. The standard InChI is InChI=1S/C20H26F2N4O4/c1-20(2,3)30-19(29)26-8-6-25(7-9-26)16-11-12(21)15(10-13(16)22)23-14-4-5-17(27)24-18(14)28/h10-11,14,23H,4-9H2,1-3H3,(H,24,27,28). The van der Waals surface area contributed by atoms with Crippen molar-refractivity contribution < 1.29 is 27.9 Å². The van der Waals surface area contributed by atoms with Gasteiger partial charge in [0.1, 0.15) is 23.3 Å². The molecule has 3 rings (SSSR count). The average Bonchev–Trinajstić information content (AvgIpc) is 2.65. The maximum Gasteiger partial charge on any atom is 0.410 e. The van der Waals surface area contributed by atoms with Gasteiger partial charge in [0.05, 0.1) is 11.4 Å². The largest absolute Gasteiger partial charge is 0.444 e. The number of nitrogens with one attached hydrogen (secondary N) is 2. The fourth-order valence-electron chi connectivity index (χ4n) is 3.36. The van der Waals surface area contributed by atoms with Gasteiger partial charge in [0, 0.05) is 44.7 Å². The van der Waals surface area contributed by atoms with Crippen molar-refractivity contribution in [3.05, 3.63) is 23.8 Å². The first-order valence-electron chi connectivity index (χ1n) is 9.85. The summed E-state index contributed by atoms with van der Waals surface area (Å²) in [5.41, 5.74) is -0.655. The maximum atomic E-state index is 14.7. The van der Waals surface area contributed by atoms with E-state index in [9.17, 15) is 23.2 Å². The Hall–Kier alpha value is -2.91. The Kier molecular flexibility index (Phi) is 6.14. The highest BCUT2D eigenvalue weighted by atomic mass is 19.1. The van der Waals surface area contributed by atoms with Crippen LogP contribution in [0.4, 0.5) is 25.0 Å². The van der Waals surface area contributed by atoms with Crippen LogP contribution in [0.15, 0.2) is 12.1 Å². The Labute approximate surface area is 173 Å². The van der Waals surface area contributed by atoms with Crippen LogP contribution in [0, 0.1) is 11.6 Å². The van der Waals surface area contributed by atoms with Crippen LogP contribution >= 0.6 is 0 Å². The van der Waals surface area contributed by atoms with Gasteiger partial charge in [0.25, 0.3) is 0 Å². The molecule has 0 spiro atoms. The van der Waals surface area contributed by atoms with Crippen LogP contribution < -0.4 is 15.5 Å². The van der Waals surface area contributed by atoms with Crippen LogP contribution in [0.3, 0.4) is 0 Å². The van der Waals surface area contributed by atoms with E-state index >= 15 is 0 Å². The summed E-state index contributed by atoms with van der Waals surface area (Å²) in [7, 11) is 0. The Morgan fingerprint density at radius 1 is 1.13 bits per heavy atom. The van der Waals surface area contributed by atoms with Crippen molar-refractivity contribution >= 4 is 29.3 Å². The van der Waals surface area contributed by atoms with Crippen molar-refractivity contribution in [1.82, 2.24) is 10.2 Å². The molecule has 164 valence electrons. The molecule has 2 N–H and O–H groups in total. The van der Waals surface area contributed by atoms with Crippen LogP contribution in [0.2, 0.25) is 0 Å². The van der Waals surface area contributed by atoms with Gasteiger partial charge in [0.2, 0.25) is 11.8 Å². The Morgan fingerprint density at radius 3 is 2.40 bits per heavy atom. The molecular weight excluding hydrogens is 398 g/mol. The molecule has 2 aliphatic rings. The molecule has 1 aromatic rings. The number of halogens is 2. The summed E-state index contributed by atoms with van der Waals surface area (Å²) in [6, 6.07) is 1.28. The number of carbonyl (C=O) groups is 3. The van der Waals surface area contributed by atoms with Gasteiger partial charge in [-0.1, -0.05) is 0 Å². The monoisotopic (exact) mass is 424 g/mol. The Balaban J connectivity index is 1.64. The van der Waals surface area contributed by atoms with E-state index in [0.29, 0.717) is 26.2 Å². The fraction of sp³-hybridized carbons (Fsp3) is 0.550. The minimum absolute atomic E-state index is 0.0881. The first-order valence-corrected chi connectivity index (χ1v) is 9.85. The second kappa shape index (κ2) is 8.45. The first-order chi connectivity index (χ1) is 14.0. The number of ether oxygens (including phenoxy) is 1. The summed E-state index contributed by atoms with van der Waals surface area (Å²) in [5.74, 6) is -2.29. The third-order valence-electron chi connectivity index (χ3n) is 4.88. The van der Waals surface area contributed by atoms with Crippen molar-refractivity contribution in [2.75, 3.05) is 36.4 Å². The van der Waals surface area contributed by atoms with Gasteiger partial charge in [-0.2, -0.15) is 0 Å². The zero-order valence-electron chi connectivity index (χ0n) is 17.3. The summed E-state index contributed by atoms with van der Waals surface area (Å²) < 4.78 is 34.6. The van der Waals surface area contributed by atoms with Gasteiger partial charge >= 0.3 is 6.09 Å². The smallest absolute Gasteiger partial charge is 0.410 e. The molecule has 3 amide bonds. The molecule has 0 radical (unpaired) electrons. The first kappa shape index (κ1) is 21.8.